The molecule has 0 amide bonds. The highest BCUT2D eigenvalue weighted by molar-refractivity contribution is 6.30. The first-order chi connectivity index (χ1) is 15.1. The SMILES string of the molecule is COc1ccc(Cl)cc1CNC1CCCN(CCCCC(O)CO)C1c1ccccc1. The van der Waals surface area contributed by atoms with Crippen LogP contribution >= 0.6 is 11.6 Å². The van der Waals surface area contributed by atoms with E-state index in [-0.39, 0.29) is 6.61 Å². The topological polar surface area (TPSA) is 65.0 Å². The number of hydrogen-bond acceptors (Lipinski definition) is 5. The van der Waals surface area contributed by atoms with Crippen LogP contribution in [-0.2, 0) is 6.54 Å². The van der Waals surface area contributed by atoms with Gasteiger partial charge in [0.05, 0.1) is 25.9 Å². The van der Waals surface area contributed by atoms with Gasteiger partial charge in [0.15, 0.2) is 0 Å². The van der Waals surface area contributed by atoms with Crippen molar-refractivity contribution in [3.05, 3.63) is 64.7 Å². The molecule has 3 unspecified atom stereocenters. The van der Waals surface area contributed by atoms with Crippen molar-refractivity contribution in [1.29, 1.82) is 0 Å². The number of halogens is 1. The maximum absolute atomic E-state index is 9.61. The Hall–Kier alpha value is -1.63. The van der Waals surface area contributed by atoms with Crippen molar-refractivity contribution >= 4 is 11.6 Å². The van der Waals surface area contributed by atoms with Gasteiger partial charge in [0, 0.05) is 23.2 Å². The minimum absolute atomic E-state index is 0.157. The number of aliphatic hydroxyl groups excluding tert-OH is 2. The molecule has 1 aliphatic heterocycles. The van der Waals surface area contributed by atoms with E-state index in [9.17, 15) is 5.11 Å². The summed E-state index contributed by atoms with van der Waals surface area (Å²) in [4.78, 5) is 2.57. The first-order valence-corrected chi connectivity index (χ1v) is 11.6. The van der Waals surface area contributed by atoms with Gasteiger partial charge in [0.25, 0.3) is 0 Å². The first-order valence-electron chi connectivity index (χ1n) is 11.3. The van der Waals surface area contributed by atoms with E-state index in [1.54, 1.807) is 7.11 Å². The summed E-state index contributed by atoms with van der Waals surface area (Å²) in [5, 5.41) is 23.1. The van der Waals surface area contributed by atoms with Crippen LogP contribution in [0.25, 0.3) is 0 Å². The van der Waals surface area contributed by atoms with Crippen LogP contribution in [-0.4, -0.2) is 54.1 Å². The Kier molecular flexibility index (Phi) is 9.62. The molecule has 1 aliphatic rings. The fraction of sp³-hybridized carbons (Fsp3) is 0.520. The largest absolute Gasteiger partial charge is 0.496 e. The molecular formula is C25H35ClN2O3. The molecule has 6 heteroatoms. The maximum atomic E-state index is 9.61. The van der Waals surface area contributed by atoms with Crippen LogP contribution in [0.5, 0.6) is 5.75 Å². The predicted octanol–water partition coefficient (Wildman–Crippen LogP) is 4.17. The van der Waals surface area contributed by atoms with Gasteiger partial charge in [-0.05, 0) is 69.0 Å². The molecular weight excluding hydrogens is 412 g/mol. The standard InChI is InChI=1S/C25H35ClN2O3/c1-31-24-13-12-21(26)16-20(24)17-27-23-11-7-15-28(14-6-5-10-22(30)18-29)25(23)19-8-3-2-4-9-19/h2-4,8-9,12-13,16,22-23,25,27,29-30H,5-7,10-11,14-15,17-18H2,1H3. The van der Waals surface area contributed by atoms with Crippen molar-refractivity contribution in [3.8, 4) is 5.75 Å². The van der Waals surface area contributed by atoms with Gasteiger partial charge in [-0.15, -0.1) is 0 Å². The van der Waals surface area contributed by atoms with Gasteiger partial charge < -0.3 is 20.3 Å². The Labute approximate surface area is 191 Å². The van der Waals surface area contributed by atoms with E-state index in [1.807, 2.05) is 18.2 Å². The van der Waals surface area contributed by atoms with E-state index in [0.717, 1.165) is 50.1 Å². The van der Waals surface area contributed by atoms with E-state index in [4.69, 9.17) is 21.4 Å². The van der Waals surface area contributed by atoms with Crippen molar-refractivity contribution < 1.29 is 14.9 Å². The Morgan fingerprint density at radius 2 is 2.00 bits per heavy atom. The van der Waals surface area contributed by atoms with Gasteiger partial charge in [-0.2, -0.15) is 0 Å². The number of rotatable bonds is 11. The van der Waals surface area contributed by atoms with Crippen LogP contribution in [0, 0.1) is 0 Å². The lowest BCUT2D eigenvalue weighted by Crippen LogP contribution is -2.48. The number of aliphatic hydroxyl groups is 2. The van der Waals surface area contributed by atoms with E-state index in [1.165, 1.54) is 5.56 Å². The highest BCUT2D eigenvalue weighted by Gasteiger charge is 2.32. The summed E-state index contributed by atoms with van der Waals surface area (Å²) in [6.07, 6.45) is 4.23. The number of methoxy groups -OCH3 is 1. The van der Waals surface area contributed by atoms with Crippen molar-refractivity contribution in [2.75, 3.05) is 26.8 Å². The van der Waals surface area contributed by atoms with Crippen LogP contribution in [0.2, 0.25) is 5.02 Å². The molecule has 0 saturated carbocycles. The van der Waals surface area contributed by atoms with Gasteiger partial charge in [0.2, 0.25) is 0 Å². The molecule has 31 heavy (non-hydrogen) atoms. The summed E-state index contributed by atoms with van der Waals surface area (Å²) in [5.74, 6) is 0.850. The minimum Gasteiger partial charge on any atom is -0.496 e. The molecule has 5 nitrogen and oxygen atoms in total. The minimum atomic E-state index is -0.603. The smallest absolute Gasteiger partial charge is 0.123 e. The van der Waals surface area contributed by atoms with Crippen LogP contribution in [0.1, 0.15) is 49.3 Å². The fourth-order valence-electron chi connectivity index (χ4n) is 4.54. The molecule has 1 saturated heterocycles. The number of piperidine rings is 1. The molecule has 1 heterocycles. The molecule has 2 aromatic carbocycles. The zero-order chi connectivity index (χ0) is 22.1. The van der Waals surface area contributed by atoms with Crippen molar-refractivity contribution in [2.24, 2.45) is 0 Å². The van der Waals surface area contributed by atoms with Crippen molar-refractivity contribution in [1.82, 2.24) is 10.2 Å². The molecule has 3 atom stereocenters. The molecule has 170 valence electrons. The van der Waals surface area contributed by atoms with E-state index in [2.05, 4.69) is 40.5 Å². The third kappa shape index (κ3) is 6.93. The fourth-order valence-corrected chi connectivity index (χ4v) is 4.73. The molecule has 0 radical (unpaired) electrons. The Morgan fingerprint density at radius 3 is 2.74 bits per heavy atom. The first kappa shape index (κ1) is 24.0. The summed E-state index contributed by atoms with van der Waals surface area (Å²) < 4.78 is 5.52. The monoisotopic (exact) mass is 446 g/mol. The Morgan fingerprint density at radius 1 is 1.19 bits per heavy atom. The maximum Gasteiger partial charge on any atom is 0.123 e. The average Bonchev–Trinajstić information content (AvgIpc) is 2.81. The second-order valence-electron chi connectivity index (χ2n) is 8.31. The molecule has 3 N–H and O–H groups in total. The zero-order valence-corrected chi connectivity index (χ0v) is 19.1. The number of nitrogens with one attached hydrogen (secondary N) is 1. The zero-order valence-electron chi connectivity index (χ0n) is 18.3. The number of likely N-dealkylation sites (tertiary alicyclic amines) is 1. The quantitative estimate of drug-likeness (QED) is 0.452. The van der Waals surface area contributed by atoms with E-state index >= 15 is 0 Å². The highest BCUT2D eigenvalue weighted by atomic mass is 35.5. The second kappa shape index (κ2) is 12.4. The Bertz CT molecular complexity index is 790. The van der Waals surface area contributed by atoms with Gasteiger partial charge in [-0.1, -0.05) is 41.9 Å². The lowest BCUT2D eigenvalue weighted by Gasteiger charge is -2.42. The van der Waals surface area contributed by atoms with Crippen molar-refractivity contribution in [2.45, 2.75) is 56.8 Å². The average molecular weight is 447 g/mol. The normalized spacial score (nSPS) is 20.5. The third-order valence-electron chi connectivity index (χ3n) is 6.12. The third-order valence-corrected chi connectivity index (χ3v) is 6.35. The number of hydrogen-bond donors (Lipinski definition) is 3. The van der Waals surface area contributed by atoms with Gasteiger partial charge in [-0.25, -0.2) is 0 Å². The molecule has 1 fully saturated rings. The van der Waals surface area contributed by atoms with Crippen LogP contribution in [0.3, 0.4) is 0 Å². The number of ether oxygens (including phenoxy) is 1. The summed E-state index contributed by atoms with van der Waals surface area (Å²) in [7, 11) is 1.69. The molecule has 0 aromatic heterocycles. The molecule has 0 bridgehead atoms. The van der Waals surface area contributed by atoms with E-state index < -0.39 is 6.10 Å². The Balaban J connectivity index is 1.70. The molecule has 3 rings (SSSR count). The van der Waals surface area contributed by atoms with Gasteiger partial charge in [-0.3, -0.25) is 4.90 Å². The van der Waals surface area contributed by atoms with E-state index in [0.29, 0.717) is 30.1 Å². The second-order valence-corrected chi connectivity index (χ2v) is 8.75. The summed E-state index contributed by atoms with van der Waals surface area (Å²) in [6, 6.07) is 17.1. The summed E-state index contributed by atoms with van der Waals surface area (Å²) in [5.41, 5.74) is 2.39. The molecule has 2 aromatic rings. The summed E-state index contributed by atoms with van der Waals surface area (Å²) in [6.45, 7) is 2.60. The van der Waals surface area contributed by atoms with Crippen LogP contribution in [0.15, 0.2) is 48.5 Å². The predicted molar refractivity (Wildman–Crippen MR) is 126 cm³/mol. The lowest BCUT2D eigenvalue weighted by molar-refractivity contribution is 0.0804. The highest BCUT2D eigenvalue weighted by Crippen LogP contribution is 2.32. The number of nitrogens with zero attached hydrogens (tertiary/aromatic N) is 1. The van der Waals surface area contributed by atoms with Gasteiger partial charge in [0.1, 0.15) is 5.75 Å². The van der Waals surface area contributed by atoms with Gasteiger partial charge >= 0.3 is 0 Å². The lowest BCUT2D eigenvalue weighted by atomic mass is 9.89. The van der Waals surface area contributed by atoms with Crippen LogP contribution < -0.4 is 10.1 Å². The summed E-state index contributed by atoms with van der Waals surface area (Å²) >= 11 is 6.22. The van der Waals surface area contributed by atoms with Crippen molar-refractivity contribution in [3.63, 3.8) is 0 Å². The number of benzene rings is 2. The molecule has 0 aliphatic carbocycles. The van der Waals surface area contributed by atoms with Crippen LogP contribution in [0.4, 0.5) is 0 Å². The molecule has 0 spiro atoms. The number of unbranched alkanes of at least 4 members (excludes halogenated alkanes) is 1.